The molecule has 1 heterocycles. The fraction of sp³-hybridized carbons (Fsp3) is 0.529. The summed E-state index contributed by atoms with van der Waals surface area (Å²) in [4.78, 5) is 11.4. The van der Waals surface area contributed by atoms with Crippen molar-refractivity contribution >= 4 is 34.3 Å². The number of hydrogen-bond acceptors (Lipinski definition) is 5. The molecule has 1 fully saturated rings. The van der Waals surface area contributed by atoms with Gasteiger partial charge in [0.05, 0.1) is 13.2 Å². The number of aryl methyl sites for hydroxylation is 1. The number of rotatable bonds is 6. The van der Waals surface area contributed by atoms with Gasteiger partial charge in [-0.25, -0.2) is 4.79 Å². The van der Waals surface area contributed by atoms with Gasteiger partial charge in [-0.05, 0) is 30.0 Å². The minimum Gasteiger partial charge on any atom is -0.492 e. The molecule has 23 heavy (non-hydrogen) atoms. The van der Waals surface area contributed by atoms with Gasteiger partial charge in [-0.15, -0.1) is 0 Å². The Balaban J connectivity index is 1.76. The van der Waals surface area contributed by atoms with Crippen LogP contribution in [0.4, 0.5) is 0 Å². The van der Waals surface area contributed by atoms with E-state index in [1.165, 1.54) is 22.9 Å². The molecule has 1 saturated heterocycles. The zero-order chi connectivity index (χ0) is 16.8. The average molecular weight is 354 g/mol. The third-order valence-corrected chi connectivity index (χ3v) is 4.81. The van der Waals surface area contributed by atoms with Crippen LogP contribution < -0.4 is 10.1 Å². The summed E-state index contributed by atoms with van der Waals surface area (Å²) in [5.74, 6) is 1.89. The first-order valence-corrected chi connectivity index (χ1v) is 9.20. The second kappa shape index (κ2) is 8.55. The lowest BCUT2D eigenvalue weighted by molar-refractivity contribution is -0.139. The predicted molar refractivity (Wildman–Crippen MR) is 98.3 cm³/mol. The molecular weight excluding hydrogens is 330 g/mol. The van der Waals surface area contributed by atoms with Crippen LogP contribution in [0.5, 0.6) is 5.75 Å². The maximum absolute atomic E-state index is 11.4. The van der Waals surface area contributed by atoms with E-state index in [4.69, 9.17) is 21.7 Å². The molecule has 1 aliphatic rings. The Kier molecular flexibility index (Phi) is 6.72. The minimum atomic E-state index is -0.291. The second-order valence-electron chi connectivity index (χ2n) is 5.83. The quantitative estimate of drug-likeness (QED) is 0.480. The number of hydrogen-bond donors (Lipinski definition) is 1. The van der Waals surface area contributed by atoms with Gasteiger partial charge in [-0.1, -0.05) is 50.0 Å². The van der Waals surface area contributed by atoms with E-state index in [0.717, 1.165) is 11.5 Å². The Hall–Kier alpha value is -1.27. The van der Waals surface area contributed by atoms with E-state index in [-0.39, 0.29) is 12.0 Å². The average Bonchev–Trinajstić information content (AvgIpc) is 2.88. The van der Waals surface area contributed by atoms with Crippen LogP contribution >= 0.6 is 24.0 Å². The highest BCUT2D eigenvalue weighted by Gasteiger charge is 2.26. The Labute approximate surface area is 147 Å². The molecular formula is C17H23NO3S2. The summed E-state index contributed by atoms with van der Waals surface area (Å²) in [6.07, 6.45) is 0.678. The third kappa shape index (κ3) is 5.39. The molecule has 0 unspecified atom stereocenters. The monoisotopic (exact) mass is 353 g/mol. The maximum Gasteiger partial charge on any atom is 0.328 e. The number of esters is 1. The van der Waals surface area contributed by atoms with E-state index < -0.39 is 0 Å². The molecule has 0 amide bonds. The second-order valence-corrected chi connectivity index (χ2v) is 7.61. The van der Waals surface area contributed by atoms with Crippen molar-refractivity contribution < 1.29 is 14.3 Å². The van der Waals surface area contributed by atoms with E-state index in [0.29, 0.717) is 29.9 Å². The first-order chi connectivity index (χ1) is 11.0. The van der Waals surface area contributed by atoms with Gasteiger partial charge >= 0.3 is 5.97 Å². The number of thiocarbonyl (C=S) groups is 1. The molecule has 0 radical (unpaired) electrons. The molecule has 1 aromatic rings. The van der Waals surface area contributed by atoms with Crippen LogP contribution in [0, 0.1) is 6.92 Å². The van der Waals surface area contributed by atoms with Gasteiger partial charge in [-0.2, -0.15) is 0 Å². The van der Waals surface area contributed by atoms with Gasteiger partial charge in [0.1, 0.15) is 16.1 Å². The Morgan fingerprint density at radius 1 is 1.52 bits per heavy atom. The fourth-order valence-electron chi connectivity index (χ4n) is 2.34. The lowest BCUT2D eigenvalue weighted by atomic mass is 10.0. The molecule has 6 heteroatoms. The number of cyclic esters (lactones) is 1. The third-order valence-electron chi connectivity index (χ3n) is 3.59. The fourth-order valence-corrected chi connectivity index (χ4v) is 3.31. The lowest BCUT2D eigenvalue weighted by Gasteiger charge is -2.15. The Morgan fingerprint density at radius 3 is 2.96 bits per heavy atom. The Bertz CT molecular complexity index is 575. The van der Waals surface area contributed by atoms with Crippen molar-refractivity contribution in [2.45, 2.75) is 39.2 Å². The van der Waals surface area contributed by atoms with Crippen molar-refractivity contribution in [2.24, 2.45) is 0 Å². The molecule has 0 saturated carbocycles. The van der Waals surface area contributed by atoms with Crippen molar-refractivity contribution in [1.82, 2.24) is 5.32 Å². The summed E-state index contributed by atoms with van der Waals surface area (Å²) >= 11 is 6.74. The number of benzene rings is 1. The first kappa shape index (κ1) is 18.1. The van der Waals surface area contributed by atoms with Gasteiger partial charge in [0, 0.05) is 12.2 Å². The molecule has 1 aromatic carbocycles. The Morgan fingerprint density at radius 2 is 2.30 bits per heavy atom. The lowest BCUT2D eigenvalue weighted by Crippen LogP contribution is -2.35. The van der Waals surface area contributed by atoms with E-state index >= 15 is 0 Å². The molecule has 4 nitrogen and oxygen atoms in total. The van der Waals surface area contributed by atoms with Gasteiger partial charge in [0.2, 0.25) is 0 Å². The van der Waals surface area contributed by atoms with E-state index in [1.54, 1.807) is 0 Å². The molecule has 1 atom stereocenters. The van der Waals surface area contributed by atoms with Crippen LogP contribution in [0.25, 0.3) is 0 Å². The van der Waals surface area contributed by atoms with Gasteiger partial charge in [-0.3, -0.25) is 0 Å². The summed E-state index contributed by atoms with van der Waals surface area (Å²) in [6.45, 7) is 7.42. The summed E-state index contributed by atoms with van der Waals surface area (Å²) in [7, 11) is 0. The SMILES string of the molecule is Cc1ccc(C(C)C)c(OCCSC(=S)N[C@H]2CCOC2=O)c1. The zero-order valence-corrected chi connectivity index (χ0v) is 15.4. The van der Waals surface area contributed by atoms with Crippen LogP contribution in [0.15, 0.2) is 18.2 Å². The topological polar surface area (TPSA) is 47.6 Å². The maximum atomic E-state index is 11.4. The molecule has 1 aliphatic heterocycles. The van der Waals surface area contributed by atoms with E-state index in [1.807, 2.05) is 0 Å². The predicted octanol–water partition coefficient (Wildman–Crippen LogP) is 3.42. The molecule has 0 bridgehead atoms. The van der Waals surface area contributed by atoms with Gasteiger partial charge < -0.3 is 14.8 Å². The highest BCUT2D eigenvalue weighted by atomic mass is 32.2. The number of carbonyl (C=O) groups is 1. The normalized spacial score (nSPS) is 17.2. The molecule has 1 N–H and O–H groups in total. The standard InChI is InChI=1S/C17H23NO3S2/c1-11(2)13-5-4-12(3)10-15(13)20-8-9-23-17(22)18-14-6-7-21-16(14)19/h4-5,10-11,14H,6-9H2,1-3H3,(H,18,22)/t14-/m0/s1. The van der Waals surface area contributed by atoms with Crippen molar-refractivity contribution in [3.63, 3.8) is 0 Å². The first-order valence-electron chi connectivity index (χ1n) is 7.80. The van der Waals surface area contributed by atoms with Crippen molar-refractivity contribution in [1.29, 1.82) is 0 Å². The molecule has 0 aromatic heterocycles. The molecule has 0 spiro atoms. The van der Waals surface area contributed by atoms with E-state index in [9.17, 15) is 4.79 Å². The minimum absolute atomic E-state index is 0.217. The molecule has 2 rings (SSSR count). The van der Waals surface area contributed by atoms with Crippen LogP contribution in [-0.4, -0.2) is 35.3 Å². The molecule has 0 aliphatic carbocycles. The van der Waals surface area contributed by atoms with Crippen LogP contribution in [-0.2, 0) is 9.53 Å². The van der Waals surface area contributed by atoms with Crippen molar-refractivity contribution in [2.75, 3.05) is 19.0 Å². The number of thioether (sulfide) groups is 1. The summed E-state index contributed by atoms with van der Waals surface area (Å²) in [6, 6.07) is 6.02. The number of nitrogens with one attached hydrogen (secondary N) is 1. The van der Waals surface area contributed by atoms with Crippen LogP contribution in [0.3, 0.4) is 0 Å². The smallest absolute Gasteiger partial charge is 0.328 e. The zero-order valence-electron chi connectivity index (χ0n) is 13.8. The van der Waals surface area contributed by atoms with Crippen molar-refractivity contribution in [3.05, 3.63) is 29.3 Å². The summed E-state index contributed by atoms with van der Waals surface area (Å²) < 4.78 is 11.4. The summed E-state index contributed by atoms with van der Waals surface area (Å²) in [5.41, 5.74) is 2.41. The number of carbonyl (C=O) groups excluding carboxylic acids is 1. The highest BCUT2D eigenvalue weighted by Crippen LogP contribution is 2.27. The number of ether oxygens (including phenoxy) is 2. The molecule has 126 valence electrons. The largest absolute Gasteiger partial charge is 0.492 e. The van der Waals surface area contributed by atoms with Gasteiger partial charge in [0.25, 0.3) is 0 Å². The van der Waals surface area contributed by atoms with Crippen molar-refractivity contribution in [3.8, 4) is 5.75 Å². The van der Waals surface area contributed by atoms with E-state index in [2.05, 4.69) is 44.3 Å². The van der Waals surface area contributed by atoms with Crippen LogP contribution in [0.2, 0.25) is 0 Å². The summed E-state index contributed by atoms with van der Waals surface area (Å²) in [5, 5.41) is 3.03. The van der Waals surface area contributed by atoms with Crippen LogP contribution in [0.1, 0.15) is 37.3 Å². The highest BCUT2D eigenvalue weighted by molar-refractivity contribution is 8.22. The van der Waals surface area contributed by atoms with Gasteiger partial charge in [0.15, 0.2) is 0 Å².